The molecule has 9 heteroatoms. The van der Waals surface area contributed by atoms with Crippen LogP contribution < -0.4 is 15.5 Å². The van der Waals surface area contributed by atoms with Crippen LogP contribution in [-0.2, 0) is 6.18 Å². The van der Waals surface area contributed by atoms with Gasteiger partial charge in [-0.25, -0.2) is 4.98 Å². The number of hydrogen-bond donors (Lipinski definition) is 1. The first-order valence-corrected chi connectivity index (χ1v) is 8.56. The van der Waals surface area contributed by atoms with Crippen LogP contribution in [0.3, 0.4) is 0 Å². The highest BCUT2D eigenvalue weighted by Crippen LogP contribution is 2.42. The third kappa shape index (κ3) is 3.44. The first-order valence-electron chi connectivity index (χ1n) is 7.14. The van der Waals surface area contributed by atoms with Crippen LogP contribution in [0.2, 0.25) is 0 Å². The maximum Gasteiger partial charge on any atom is 0.417 e. The van der Waals surface area contributed by atoms with Crippen molar-refractivity contribution in [3.8, 4) is 0 Å². The van der Waals surface area contributed by atoms with Crippen molar-refractivity contribution in [2.45, 2.75) is 19.3 Å². The van der Waals surface area contributed by atoms with Gasteiger partial charge in [-0.05, 0) is 17.9 Å². The molecule has 4 nitrogen and oxygen atoms in total. The van der Waals surface area contributed by atoms with E-state index >= 15 is 0 Å². The second-order valence-corrected chi connectivity index (χ2v) is 6.76. The Kier molecular flexibility index (Phi) is 5.59. The van der Waals surface area contributed by atoms with E-state index in [9.17, 15) is 13.2 Å². The Morgan fingerprint density at radius 1 is 1.42 bits per heavy atom. The number of rotatable bonds is 4. The number of alkyl halides is 3. The van der Waals surface area contributed by atoms with Crippen molar-refractivity contribution in [2.24, 2.45) is 5.73 Å². The van der Waals surface area contributed by atoms with Gasteiger partial charge < -0.3 is 15.5 Å². The van der Waals surface area contributed by atoms with Crippen molar-refractivity contribution in [1.29, 1.82) is 0 Å². The number of likely N-dealkylation sites (N-methyl/N-ethyl adjacent to an activating group) is 2. The minimum Gasteiger partial charge on any atom is -0.393 e. The van der Waals surface area contributed by atoms with Gasteiger partial charge in [-0.1, -0.05) is 18.5 Å². The topological polar surface area (TPSA) is 45.4 Å². The third-order valence-electron chi connectivity index (χ3n) is 3.73. The molecule has 2 rings (SSSR count). The number of pyridine rings is 1. The average Bonchev–Trinajstić information content (AvgIpc) is 2.76. The summed E-state index contributed by atoms with van der Waals surface area (Å²) in [6, 6.07) is 1.10. The van der Waals surface area contributed by atoms with Crippen LogP contribution >= 0.6 is 23.4 Å². The van der Waals surface area contributed by atoms with E-state index in [4.69, 9.17) is 17.3 Å². The van der Waals surface area contributed by atoms with Crippen LogP contribution in [0.4, 0.5) is 24.7 Å². The van der Waals surface area contributed by atoms with Crippen LogP contribution in [0.15, 0.2) is 34.5 Å². The van der Waals surface area contributed by atoms with Gasteiger partial charge in [-0.15, -0.1) is 11.8 Å². The van der Waals surface area contributed by atoms with Gasteiger partial charge in [0.25, 0.3) is 0 Å². The predicted octanol–water partition coefficient (Wildman–Crippen LogP) is 3.99. The number of anilines is 2. The zero-order chi connectivity index (χ0) is 18.1. The lowest BCUT2D eigenvalue weighted by atomic mass is 10.2. The Bertz CT molecular complexity index is 675. The third-order valence-corrected chi connectivity index (χ3v) is 4.69. The Morgan fingerprint density at radius 3 is 2.62 bits per heavy atom. The number of thioether (sulfide) groups is 1. The Hall–Kier alpha value is -1.54. The van der Waals surface area contributed by atoms with Crippen LogP contribution in [0.1, 0.15) is 12.5 Å². The second kappa shape index (κ2) is 7.14. The molecule has 132 valence electrons. The van der Waals surface area contributed by atoms with E-state index in [0.717, 1.165) is 18.0 Å². The highest BCUT2D eigenvalue weighted by atomic mass is 35.5. The molecule has 1 atom stereocenters. The molecule has 2 N–H and O–H groups in total. The van der Waals surface area contributed by atoms with Crippen LogP contribution in [0.25, 0.3) is 0 Å². The molecule has 0 saturated carbocycles. The van der Waals surface area contributed by atoms with Crippen LogP contribution in [0, 0.1) is 0 Å². The largest absolute Gasteiger partial charge is 0.417 e. The summed E-state index contributed by atoms with van der Waals surface area (Å²) in [6.07, 6.45) is -2.32. The normalized spacial score (nSPS) is 19.0. The Balaban J connectivity index is 2.50. The highest BCUT2D eigenvalue weighted by molar-refractivity contribution is 8.03. The molecule has 1 aromatic heterocycles. The zero-order valence-electron chi connectivity index (χ0n) is 13.4. The highest BCUT2D eigenvalue weighted by Gasteiger charge is 2.38. The van der Waals surface area contributed by atoms with E-state index < -0.39 is 11.7 Å². The van der Waals surface area contributed by atoms with Crippen LogP contribution in [-0.4, -0.2) is 31.0 Å². The summed E-state index contributed by atoms with van der Waals surface area (Å²) >= 11 is 7.18. The predicted molar refractivity (Wildman–Crippen MR) is 94.2 cm³/mol. The molecule has 0 fully saturated rings. The molecule has 1 aromatic rings. The summed E-state index contributed by atoms with van der Waals surface area (Å²) in [6.45, 7) is 1.97. The maximum absolute atomic E-state index is 13.0. The number of hydrogen-bond acceptors (Lipinski definition) is 5. The second-order valence-electron chi connectivity index (χ2n) is 5.21. The number of halogens is 4. The quantitative estimate of drug-likeness (QED) is 0.803. The minimum absolute atomic E-state index is 0.384. The molecule has 0 bridgehead atoms. The minimum atomic E-state index is -4.44. The fraction of sp³-hybridized carbons (Fsp3) is 0.400. The summed E-state index contributed by atoms with van der Waals surface area (Å²) in [5, 5.41) is 0.571. The summed E-state index contributed by atoms with van der Waals surface area (Å²) in [5.41, 5.74) is 7.81. The van der Waals surface area contributed by atoms with Gasteiger partial charge in [-0.2, -0.15) is 13.2 Å². The fourth-order valence-corrected chi connectivity index (χ4v) is 3.45. The zero-order valence-corrected chi connectivity index (χ0v) is 15.0. The summed E-state index contributed by atoms with van der Waals surface area (Å²) in [4.78, 5) is 7.49. The van der Waals surface area contributed by atoms with Crippen molar-refractivity contribution in [2.75, 3.05) is 29.6 Å². The molecule has 0 aromatic carbocycles. The molecule has 1 unspecified atom stereocenters. The number of fused-ring (bicyclic) bond motifs is 1. The smallest absolute Gasteiger partial charge is 0.393 e. The number of nitrogens with zero attached hydrogens (tertiary/aromatic N) is 3. The molecule has 0 aliphatic carbocycles. The van der Waals surface area contributed by atoms with Gasteiger partial charge in [0.1, 0.15) is 6.17 Å². The molecule has 0 radical (unpaired) electrons. The first-order chi connectivity index (χ1) is 11.2. The molecular formula is C15H18ClF3N4S. The molecule has 1 aliphatic heterocycles. The van der Waals surface area contributed by atoms with Gasteiger partial charge in [0, 0.05) is 31.4 Å². The van der Waals surface area contributed by atoms with E-state index in [1.54, 1.807) is 30.0 Å². The van der Waals surface area contributed by atoms with Gasteiger partial charge in [0.2, 0.25) is 0 Å². The summed E-state index contributed by atoms with van der Waals surface area (Å²) in [7, 11) is 3.47. The van der Waals surface area contributed by atoms with Crippen molar-refractivity contribution < 1.29 is 13.2 Å². The van der Waals surface area contributed by atoms with Gasteiger partial charge in [0.15, 0.2) is 5.82 Å². The average molecular weight is 379 g/mol. The van der Waals surface area contributed by atoms with Crippen molar-refractivity contribution >= 4 is 34.9 Å². The Labute approximate surface area is 148 Å². The monoisotopic (exact) mass is 378 g/mol. The molecule has 0 amide bonds. The maximum atomic E-state index is 13.0. The number of aromatic nitrogens is 1. The van der Waals surface area contributed by atoms with E-state index in [-0.39, 0.29) is 6.17 Å². The Morgan fingerprint density at radius 2 is 2.08 bits per heavy atom. The molecule has 24 heavy (non-hydrogen) atoms. The lowest BCUT2D eigenvalue weighted by Gasteiger charge is -2.29. The SMILES string of the molecule is CCS/C(N)=C(/C=C/Cl)C1N(C)c2cc(C(F)(F)F)cnc2N1C. The summed E-state index contributed by atoms with van der Waals surface area (Å²) < 4.78 is 38.9. The van der Waals surface area contributed by atoms with Crippen molar-refractivity contribution in [3.63, 3.8) is 0 Å². The summed E-state index contributed by atoms with van der Waals surface area (Å²) in [5.74, 6) is 1.24. The molecule has 0 saturated heterocycles. The van der Waals surface area contributed by atoms with Crippen LogP contribution in [0.5, 0.6) is 0 Å². The van der Waals surface area contributed by atoms with E-state index in [1.165, 1.54) is 17.3 Å². The van der Waals surface area contributed by atoms with Gasteiger partial charge >= 0.3 is 6.18 Å². The van der Waals surface area contributed by atoms with E-state index in [1.807, 2.05) is 6.92 Å². The molecule has 0 spiro atoms. The van der Waals surface area contributed by atoms with E-state index in [0.29, 0.717) is 22.1 Å². The standard InChI is InChI=1S/C15H18ClF3N4S/c1-4-24-12(20)10(5-6-16)14-22(2)11-7-9(15(17,18)19)8-21-13(11)23(14)3/h5-8,14H,4,20H2,1-3H3/b6-5+,12-10-. The first kappa shape index (κ1) is 18.8. The molecular weight excluding hydrogens is 361 g/mol. The molecule has 2 heterocycles. The van der Waals surface area contributed by atoms with Crippen molar-refractivity contribution in [3.05, 3.63) is 40.0 Å². The number of nitrogens with two attached hydrogens (primary N) is 1. The lowest BCUT2D eigenvalue weighted by molar-refractivity contribution is -0.137. The molecule has 1 aliphatic rings. The van der Waals surface area contributed by atoms with E-state index in [2.05, 4.69) is 4.98 Å². The fourth-order valence-electron chi connectivity index (χ4n) is 2.66. The van der Waals surface area contributed by atoms with Gasteiger partial charge in [-0.3, -0.25) is 0 Å². The van der Waals surface area contributed by atoms with Crippen molar-refractivity contribution in [1.82, 2.24) is 4.98 Å². The van der Waals surface area contributed by atoms with Gasteiger partial charge in [0.05, 0.1) is 16.3 Å². The lowest BCUT2D eigenvalue weighted by Crippen LogP contribution is -2.41.